The Morgan fingerprint density at radius 1 is 1.21 bits per heavy atom. The van der Waals surface area contributed by atoms with E-state index < -0.39 is 10.0 Å². The average molecular weight is 362 g/mol. The second-order valence-electron chi connectivity index (χ2n) is 6.81. The van der Waals surface area contributed by atoms with Gasteiger partial charge in [0.1, 0.15) is 0 Å². The van der Waals surface area contributed by atoms with E-state index in [-0.39, 0.29) is 12.1 Å². The van der Waals surface area contributed by atoms with Crippen molar-refractivity contribution in [2.75, 3.05) is 59.7 Å². The van der Waals surface area contributed by atoms with Crippen LogP contribution in [-0.4, -0.2) is 101 Å². The second kappa shape index (κ2) is 8.46. The van der Waals surface area contributed by atoms with Crippen LogP contribution in [0.1, 0.15) is 19.3 Å². The van der Waals surface area contributed by atoms with Crippen molar-refractivity contribution in [2.24, 2.45) is 0 Å². The van der Waals surface area contributed by atoms with E-state index in [0.717, 1.165) is 39.0 Å². The van der Waals surface area contributed by atoms with Gasteiger partial charge >= 0.3 is 6.03 Å². The fraction of sp³-hybridized carbons (Fsp3) is 0.933. The molecule has 1 atom stereocenters. The molecule has 0 aliphatic carbocycles. The number of amides is 2. The molecule has 2 amide bonds. The maximum Gasteiger partial charge on any atom is 0.319 e. The number of likely N-dealkylation sites (tertiary alicyclic amines) is 1. The third kappa shape index (κ3) is 5.58. The molecule has 0 spiro atoms. The highest BCUT2D eigenvalue weighted by Gasteiger charge is 2.34. The van der Waals surface area contributed by atoms with Gasteiger partial charge in [-0.1, -0.05) is 0 Å². The summed E-state index contributed by atoms with van der Waals surface area (Å²) in [6, 6.07) is 0.705. The number of ether oxygens (including phenoxy) is 1. The Bertz CT molecular complexity index is 520. The minimum Gasteiger partial charge on any atom is -0.381 e. The first-order valence-electron chi connectivity index (χ1n) is 8.52. The number of hydrogen-bond acceptors (Lipinski definition) is 5. The number of nitrogens with one attached hydrogen (secondary N) is 1. The molecule has 0 aromatic rings. The summed E-state index contributed by atoms with van der Waals surface area (Å²) in [6.07, 6.45) is 4.02. The molecule has 0 aromatic heterocycles. The van der Waals surface area contributed by atoms with E-state index in [1.165, 1.54) is 6.26 Å². The fourth-order valence-corrected chi connectivity index (χ4v) is 3.97. The number of urea groups is 1. The summed E-state index contributed by atoms with van der Waals surface area (Å²) in [7, 11) is 0.350. The molecule has 0 radical (unpaired) electrons. The lowest BCUT2D eigenvalue weighted by atomic mass is 10.0. The van der Waals surface area contributed by atoms with E-state index in [4.69, 9.17) is 4.74 Å². The van der Waals surface area contributed by atoms with Crippen LogP contribution in [0.2, 0.25) is 0 Å². The van der Waals surface area contributed by atoms with Crippen molar-refractivity contribution in [3.05, 3.63) is 0 Å². The number of rotatable bonds is 6. The molecule has 2 aliphatic heterocycles. The number of sulfonamides is 1. The molecule has 0 bridgehead atoms. The summed E-state index contributed by atoms with van der Waals surface area (Å²) >= 11 is 0. The molecule has 2 aliphatic rings. The first kappa shape index (κ1) is 19.4. The van der Waals surface area contributed by atoms with E-state index in [1.807, 2.05) is 4.90 Å². The molecule has 1 unspecified atom stereocenters. The average Bonchev–Trinajstić information content (AvgIpc) is 3.00. The standard InChI is InChI=1S/C15H30N4O4S/c1-17(2)15(20)18-8-4-14(12-18)19(9-7-16-24(3,21)22)13-5-10-23-11-6-13/h13-14,16H,4-12H2,1-3H3. The van der Waals surface area contributed by atoms with Gasteiger partial charge in [0.05, 0.1) is 6.26 Å². The maximum absolute atomic E-state index is 12.2. The van der Waals surface area contributed by atoms with Crippen LogP contribution in [0.3, 0.4) is 0 Å². The summed E-state index contributed by atoms with van der Waals surface area (Å²) in [4.78, 5) is 18.0. The smallest absolute Gasteiger partial charge is 0.319 e. The van der Waals surface area contributed by atoms with Crippen LogP contribution in [0.4, 0.5) is 4.79 Å². The highest BCUT2D eigenvalue weighted by molar-refractivity contribution is 7.88. The lowest BCUT2D eigenvalue weighted by molar-refractivity contribution is 0.0193. The first-order chi connectivity index (χ1) is 11.3. The molecular formula is C15H30N4O4S. The second-order valence-corrected chi connectivity index (χ2v) is 8.65. The van der Waals surface area contributed by atoms with Gasteiger partial charge < -0.3 is 14.5 Å². The molecule has 0 aromatic carbocycles. The fourth-order valence-electron chi connectivity index (χ4n) is 3.51. The molecule has 24 heavy (non-hydrogen) atoms. The molecule has 2 heterocycles. The van der Waals surface area contributed by atoms with E-state index in [1.54, 1.807) is 19.0 Å². The molecule has 0 saturated carbocycles. The number of hydrogen-bond donors (Lipinski definition) is 1. The van der Waals surface area contributed by atoms with Crippen LogP contribution in [0.5, 0.6) is 0 Å². The Morgan fingerprint density at radius 3 is 2.46 bits per heavy atom. The van der Waals surface area contributed by atoms with Crippen LogP contribution < -0.4 is 4.72 Å². The van der Waals surface area contributed by atoms with Crippen molar-refractivity contribution in [1.82, 2.24) is 19.4 Å². The quantitative estimate of drug-likeness (QED) is 0.706. The lowest BCUT2D eigenvalue weighted by Gasteiger charge is -2.38. The molecule has 1 N–H and O–H groups in total. The van der Waals surface area contributed by atoms with E-state index in [0.29, 0.717) is 25.7 Å². The molecule has 2 rings (SSSR count). The van der Waals surface area contributed by atoms with Gasteiger partial charge in [0, 0.05) is 65.6 Å². The zero-order valence-corrected chi connectivity index (χ0v) is 15.7. The van der Waals surface area contributed by atoms with Gasteiger partial charge in [-0.25, -0.2) is 17.9 Å². The highest BCUT2D eigenvalue weighted by Crippen LogP contribution is 2.23. The zero-order valence-electron chi connectivity index (χ0n) is 14.9. The van der Waals surface area contributed by atoms with E-state index in [2.05, 4.69) is 9.62 Å². The van der Waals surface area contributed by atoms with Crippen LogP contribution in [-0.2, 0) is 14.8 Å². The third-order valence-corrected chi connectivity index (χ3v) is 5.41. The molecule has 8 nitrogen and oxygen atoms in total. The number of carbonyl (C=O) groups excluding carboxylic acids is 1. The monoisotopic (exact) mass is 362 g/mol. The molecule has 140 valence electrons. The Hall–Kier alpha value is -0.900. The Labute approximate surface area is 145 Å². The minimum atomic E-state index is -3.18. The van der Waals surface area contributed by atoms with Crippen LogP contribution in [0.15, 0.2) is 0 Å². The van der Waals surface area contributed by atoms with Gasteiger partial charge in [-0.2, -0.15) is 0 Å². The molecule has 2 saturated heterocycles. The van der Waals surface area contributed by atoms with Crippen molar-refractivity contribution in [2.45, 2.75) is 31.3 Å². The Balaban J connectivity index is 1.98. The largest absolute Gasteiger partial charge is 0.381 e. The van der Waals surface area contributed by atoms with Crippen molar-refractivity contribution in [1.29, 1.82) is 0 Å². The Kier molecular flexibility index (Phi) is 6.85. The van der Waals surface area contributed by atoms with Crippen LogP contribution in [0, 0.1) is 0 Å². The molecular weight excluding hydrogens is 332 g/mol. The minimum absolute atomic E-state index is 0.0405. The lowest BCUT2D eigenvalue weighted by Crippen LogP contribution is -2.50. The summed E-state index contributed by atoms with van der Waals surface area (Å²) in [5, 5.41) is 0. The van der Waals surface area contributed by atoms with E-state index >= 15 is 0 Å². The van der Waals surface area contributed by atoms with Crippen molar-refractivity contribution < 1.29 is 17.9 Å². The van der Waals surface area contributed by atoms with Gasteiger partial charge in [-0.15, -0.1) is 0 Å². The SMILES string of the molecule is CN(C)C(=O)N1CCC(N(CCNS(C)(=O)=O)C2CCOCC2)C1. The van der Waals surface area contributed by atoms with Gasteiger partial charge in [-0.05, 0) is 19.3 Å². The predicted molar refractivity (Wildman–Crippen MR) is 92.5 cm³/mol. The molecule has 2 fully saturated rings. The summed E-state index contributed by atoms with van der Waals surface area (Å²) in [5.41, 5.74) is 0. The maximum atomic E-state index is 12.2. The first-order valence-corrected chi connectivity index (χ1v) is 10.4. The predicted octanol–water partition coefficient (Wildman–Crippen LogP) is -0.227. The van der Waals surface area contributed by atoms with Gasteiger partial charge in [-0.3, -0.25) is 4.90 Å². The van der Waals surface area contributed by atoms with Crippen LogP contribution >= 0.6 is 0 Å². The zero-order chi connectivity index (χ0) is 17.7. The van der Waals surface area contributed by atoms with Gasteiger partial charge in [0.2, 0.25) is 10.0 Å². The third-order valence-electron chi connectivity index (χ3n) is 4.68. The van der Waals surface area contributed by atoms with Crippen molar-refractivity contribution in [3.8, 4) is 0 Å². The topological polar surface area (TPSA) is 82.2 Å². The van der Waals surface area contributed by atoms with Crippen LogP contribution in [0.25, 0.3) is 0 Å². The summed E-state index contributed by atoms with van der Waals surface area (Å²) < 4.78 is 30.7. The van der Waals surface area contributed by atoms with Crippen molar-refractivity contribution in [3.63, 3.8) is 0 Å². The number of nitrogens with zero attached hydrogens (tertiary/aromatic N) is 3. The molecule has 9 heteroatoms. The van der Waals surface area contributed by atoms with E-state index in [9.17, 15) is 13.2 Å². The van der Waals surface area contributed by atoms with Gasteiger partial charge in [0.15, 0.2) is 0 Å². The summed E-state index contributed by atoms with van der Waals surface area (Å²) in [6.45, 7) is 4.00. The number of carbonyl (C=O) groups is 1. The summed E-state index contributed by atoms with van der Waals surface area (Å²) in [5.74, 6) is 0. The Morgan fingerprint density at radius 2 is 1.88 bits per heavy atom. The highest BCUT2D eigenvalue weighted by atomic mass is 32.2. The van der Waals surface area contributed by atoms with Crippen molar-refractivity contribution >= 4 is 16.1 Å². The van der Waals surface area contributed by atoms with Gasteiger partial charge in [0.25, 0.3) is 0 Å². The normalized spacial score (nSPS) is 23.0.